The molecule has 0 bridgehead atoms. The van der Waals surface area contributed by atoms with Gasteiger partial charge < -0.3 is 4.57 Å². The van der Waals surface area contributed by atoms with Crippen molar-refractivity contribution in [1.29, 1.82) is 0 Å². The van der Waals surface area contributed by atoms with E-state index in [2.05, 4.69) is 33.9 Å². The third-order valence-electron chi connectivity index (χ3n) is 4.89. The Balaban J connectivity index is 1.77. The molecule has 0 aliphatic carbocycles. The second-order valence-electron chi connectivity index (χ2n) is 6.46. The Bertz CT molecular complexity index is 837. The van der Waals surface area contributed by atoms with Crippen molar-refractivity contribution in [2.75, 3.05) is 6.54 Å². The van der Waals surface area contributed by atoms with Crippen LogP contribution in [0.2, 0.25) is 0 Å². The number of aromatic nitrogens is 1. The lowest BCUT2D eigenvalue weighted by Gasteiger charge is -2.31. The summed E-state index contributed by atoms with van der Waals surface area (Å²) >= 11 is 0. The molecule has 1 aliphatic heterocycles. The molecule has 4 rings (SSSR count). The van der Waals surface area contributed by atoms with Gasteiger partial charge in [0, 0.05) is 37.1 Å². The van der Waals surface area contributed by atoms with Gasteiger partial charge in [-0.1, -0.05) is 36.4 Å². The topological polar surface area (TPSA) is 8.17 Å². The maximum absolute atomic E-state index is 14.2. The lowest BCUT2D eigenvalue weighted by molar-refractivity contribution is 0.214. The van der Waals surface area contributed by atoms with Crippen molar-refractivity contribution in [2.45, 2.75) is 25.6 Å². The maximum Gasteiger partial charge on any atom is 0.130 e. The lowest BCUT2D eigenvalue weighted by Crippen LogP contribution is -2.30. The number of hydrogen-bond acceptors (Lipinski definition) is 1. The first-order chi connectivity index (χ1) is 12.2. The van der Waals surface area contributed by atoms with E-state index in [0.29, 0.717) is 0 Å². The van der Waals surface area contributed by atoms with Crippen molar-refractivity contribution in [3.63, 3.8) is 0 Å². The molecule has 1 aliphatic rings. The summed E-state index contributed by atoms with van der Waals surface area (Å²) in [7, 11) is 0. The van der Waals surface area contributed by atoms with E-state index in [4.69, 9.17) is 0 Å². The Hall–Kier alpha value is -2.46. The summed E-state index contributed by atoms with van der Waals surface area (Å²) in [4.78, 5) is 2.18. The molecule has 25 heavy (non-hydrogen) atoms. The zero-order chi connectivity index (χ0) is 17.2. The first-order valence-electron chi connectivity index (χ1n) is 8.61. The van der Waals surface area contributed by atoms with E-state index in [0.717, 1.165) is 25.1 Å². The van der Waals surface area contributed by atoms with E-state index < -0.39 is 11.6 Å². The number of halogens is 2. The zero-order valence-corrected chi connectivity index (χ0v) is 13.9. The molecule has 1 atom stereocenters. The average molecular weight is 338 g/mol. The molecule has 0 N–H and O–H groups in total. The normalized spacial score (nSPS) is 17.9. The van der Waals surface area contributed by atoms with Gasteiger partial charge in [0.2, 0.25) is 0 Å². The van der Waals surface area contributed by atoms with E-state index in [1.54, 1.807) is 0 Å². The Morgan fingerprint density at radius 3 is 2.36 bits per heavy atom. The smallest absolute Gasteiger partial charge is 0.130 e. The van der Waals surface area contributed by atoms with Crippen LogP contribution in [-0.2, 0) is 13.1 Å². The zero-order valence-electron chi connectivity index (χ0n) is 13.9. The van der Waals surface area contributed by atoms with Crippen LogP contribution in [0.3, 0.4) is 0 Å². The van der Waals surface area contributed by atoms with Gasteiger partial charge in [0.1, 0.15) is 11.6 Å². The molecule has 4 heteroatoms. The van der Waals surface area contributed by atoms with Gasteiger partial charge in [0.25, 0.3) is 0 Å². The predicted molar refractivity (Wildman–Crippen MR) is 94.1 cm³/mol. The van der Waals surface area contributed by atoms with Gasteiger partial charge >= 0.3 is 0 Å². The van der Waals surface area contributed by atoms with Gasteiger partial charge in [-0.3, -0.25) is 4.90 Å². The van der Waals surface area contributed by atoms with Gasteiger partial charge in [0.15, 0.2) is 0 Å². The van der Waals surface area contributed by atoms with Gasteiger partial charge in [0.05, 0.1) is 6.04 Å². The van der Waals surface area contributed by atoms with Gasteiger partial charge in [-0.2, -0.15) is 0 Å². The van der Waals surface area contributed by atoms with Crippen LogP contribution >= 0.6 is 0 Å². The molecule has 0 saturated heterocycles. The number of fused-ring (bicyclic) bond motifs is 1. The Morgan fingerprint density at radius 2 is 1.60 bits per heavy atom. The molecule has 0 amide bonds. The fourth-order valence-electron chi connectivity index (χ4n) is 3.71. The van der Waals surface area contributed by atoms with E-state index in [-0.39, 0.29) is 18.2 Å². The highest BCUT2D eigenvalue weighted by Crippen LogP contribution is 2.33. The molecule has 0 spiro atoms. The number of aryl methyl sites for hydroxylation is 1. The molecule has 128 valence electrons. The van der Waals surface area contributed by atoms with E-state index in [1.807, 2.05) is 24.3 Å². The second kappa shape index (κ2) is 6.81. The van der Waals surface area contributed by atoms with Gasteiger partial charge in [-0.05, 0) is 36.2 Å². The summed E-state index contributed by atoms with van der Waals surface area (Å²) in [6.07, 6.45) is 3.03. The predicted octanol–water partition coefficient (Wildman–Crippen LogP) is 4.76. The highest BCUT2D eigenvalue weighted by molar-refractivity contribution is 5.30. The average Bonchev–Trinajstić information content (AvgIpc) is 3.00. The number of hydrogen-bond donors (Lipinski definition) is 0. The molecule has 2 nitrogen and oxygen atoms in total. The first kappa shape index (κ1) is 16.0. The minimum Gasteiger partial charge on any atom is -0.350 e. The quantitative estimate of drug-likeness (QED) is 0.668. The molecule has 0 saturated carbocycles. The fourth-order valence-corrected chi connectivity index (χ4v) is 3.71. The summed E-state index contributed by atoms with van der Waals surface area (Å²) < 4.78 is 30.6. The highest BCUT2D eigenvalue weighted by atomic mass is 19.1. The second-order valence-corrected chi connectivity index (χ2v) is 6.46. The maximum atomic E-state index is 14.2. The van der Waals surface area contributed by atoms with Crippen LogP contribution in [0.4, 0.5) is 8.78 Å². The summed E-state index contributed by atoms with van der Waals surface area (Å²) in [5.41, 5.74) is 2.45. The van der Waals surface area contributed by atoms with Crippen LogP contribution in [0.15, 0.2) is 66.9 Å². The summed E-state index contributed by atoms with van der Waals surface area (Å²) in [6.45, 7) is 1.96. The van der Waals surface area contributed by atoms with E-state index >= 15 is 0 Å². The lowest BCUT2D eigenvalue weighted by atomic mass is 10.0. The van der Waals surface area contributed by atoms with Crippen LogP contribution < -0.4 is 0 Å². The summed E-state index contributed by atoms with van der Waals surface area (Å²) in [6, 6.07) is 18.4. The van der Waals surface area contributed by atoms with Crippen molar-refractivity contribution in [2.24, 2.45) is 0 Å². The summed E-state index contributed by atoms with van der Waals surface area (Å²) in [5, 5.41) is 0. The third-order valence-corrected chi connectivity index (χ3v) is 4.89. The Morgan fingerprint density at radius 1 is 0.840 bits per heavy atom. The molecule has 0 radical (unpaired) electrons. The monoisotopic (exact) mass is 338 g/mol. The van der Waals surface area contributed by atoms with E-state index in [1.165, 1.54) is 23.9 Å². The van der Waals surface area contributed by atoms with Crippen molar-refractivity contribution in [1.82, 2.24) is 9.47 Å². The van der Waals surface area contributed by atoms with Crippen molar-refractivity contribution >= 4 is 0 Å². The van der Waals surface area contributed by atoms with Gasteiger partial charge in [-0.15, -0.1) is 0 Å². The largest absolute Gasteiger partial charge is 0.350 e. The molecular formula is C21H20F2N2. The fraction of sp³-hybridized carbons (Fsp3) is 0.238. The Kier molecular flexibility index (Phi) is 4.36. The van der Waals surface area contributed by atoms with Crippen LogP contribution in [0, 0.1) is 11.6 Å². The van der Waals surface area contributed by atoms with Crippen LogP contribution in [0.25, 0.3) is 0 Å². The minimum atomic E-state index is -0.480. The molecule has 0 unspecified atom stereocenters. The van der Waals surface area contributed by atoms with Crippen LogP contribution in [-0.4, -0.2) is 16.0 Å². The Labute approximate surface area is 146 Å². The first-order valence-corrected chi connectivity index (χ1v) is 8.61. The summed E-state index contributed by atoms with van der Waals surface area (Å²) in [5.74, 6) is -0.960. The third kappa shape index (κ3) is 3.10. The number of nitrogens with zero attached hydrogens (tertiary/aromatic N) is 2. The highest BCUT2D eigenvalue weighted by Gasteiger charge is 2.28. The van der Waals surface area contributed by atoms with Crippen LogP contribution in [0.5, 0.6) is 0 Å². The van der Waals surface area contributed by atoms with Crippen molar-refractivity contribution in [3.05, 3.63) is 95.3 Å². The van der Waals surface area contributed by atoms with E-state index in [9.17, 15) is 8.78 Å². The molecule has 3 aromatic rings. The van der Waals surface area contributed by atoms with Crippen molar-refractivity contribution < 1.29 is 8.78 Å². The van der Waals surface area contributed by atoms with Crippen LogP contribution in [0.1, 0.15) is 29.3 Å². The molecule has 2 heterocycles. The molecule has 0 fully saturated rings. The molecule has 1 aromatic heterocycles. The molecule has 2 aromatic carbocycles. The SMILES string of the molecule is Fc1cccc(F)c1CN1CCCn2cccc2[C@H]1c1ccccc1. The molecular weight excluding hydrogens is 318 g/mol. The number of rotatable bonds is 3. The minimum absolute atomic E-state index is 0.0160. The van der Waals surface area contributed by atoms with Crippen molar-refractivity contribution in [3.8, 4) is 0 Å². The van der Waals surface area contributed by atoms with Gasteiger partial charge in [-0.25, -0.2) is 8.78 Å². The standard InChI is InChI=1S/C21H20F2N2/c22-18-9-4-10-19(23)17(18)15-25-14-6-13-24-12-5-11-20(24)21(25)16-7-2-1-3-8-16/h1-5,7-12,21H,6,13-15H2/t21-/m1/s1. The number of benzene rings is 2.